The minimum atomic E-state index is -0.606. The molecule has 3 N–H and O–H groups in total. The van der Waals surface area contributed by atoms with Gasteiger partial charge in [0.05, 0.1) is 16.4 Å². The molecule has 9 heteroatoms. The van der Waals surface area contributed by atoms with Crippen molar-refractivity contribution >= 4 is 34.9 Å². The fourth-order valence-corrected chi connectivity index (χ4v) is 2.53. The number of nitro benzene ring substituents is 1. The Bertz CT molecular complexity index is 802. The van der Waals surface area contributed by atoms with Gasteiger partial charge in [-0.05, 0) is 23.1 Å². The highest BCUT2D eigenvalue weighted by atomic mass is 32.1. The Labute approximate surface area is 146 Å². The maximum atomic E-state index is 12.2. The van der Waals surface area contributed by atoms with Crippen LogP contribution < -0.4 is 10.6 Å². The SMILES string of the molecule is O=C(NCCO)/C(=C/c1cccc([N+](=O)[O-])c1)NC(=O)c1cccs1. The van der Waals surface area contributed by atoms with E-state index in [2.05, 4.69) is 10.6 Å². The summed E-state index contributed by atoms with van der Waals surface area (Å²) in [5.74, 6) is -1.07. The number of rotatable bonds is 7. The van der Waals surface area contributed by atoms with Crippen LogP contribution in [-0.2, 0) is 4.79 Å². The highest BCUT2D eigenvalue weighted by molar-refractivity contribution is 7.12. The van der Waals surface area contributed by atoms with Crippen LogP contribution in [0.3, 0.4) is 0 Å². The van der Waals surface area contributed by atoms with Gasteiger partial charge in [-0.2, -0.15) is 0 Å². The molecular weight excluding hydrogens is 346 g/mol. The van der Waals surface area contributed by atoms with Gasteiger partial charge in [-0.1, -0.05) is 18.2 Å². The van der Waals surface area contributed by atoms with Crippen LogP contribution in [0, 0.1) is 10.1 Å². The molecule has 2 rings (SSSR count). The molecule has 2 amide bonds. The molecule has 25 heavy (non-hydrogen) atoms. The average molecular weight is 361 g/mol. The molecule has 0 fully saturated rings. The Morgan fingerprint density at radius 2 is 2.08 bits per heavy atom. The molecule has 0 unspecified atom stereocenters. The predicted molar refractivity (Wildman–Crippen MR) is 93.0 cm³/mol. The summed E-state index contributed by atoms with van der Waals surface area (Å²) < 4.78 is 0. The van der Waals surface area contributed by atoms with Crippen molar-refractivity contribution in [1.29, 1.82) is 0 Å². The summed E-state index contributed by atoms with van der Waals surface area (Å²) in [5, 5.41) is 26.3. The predicted octanol–water partition coefficient (Wildman–Crippen LogP) is 1.54. The quantitative estimate of drug-likeness (QED) is 0.392. The van der Waals surface area contributed by atoms with E-state index in [-0.39, 0.29) is 24.5 Å². The molecule has 1 heterocycles. The van der Waals surface area contributed by atoms with Gasteiger partial charge in [-0.3, -0.25) is 19.7 Å². The second kappa shape index (κ2) is 8.71. The van der Waals surface area contributed by atoms with Crippen LogP contribution in [-0.4, -0.2) is 35.0 Å². The number of nitro groups is 1. The average Bonchev–Trinajstić information content (AvgIpc) is 3.14. The van der Waals surface area contributed by atoms with Gasteiger partial charge in [-0.15, -0.1) is 11.3 Å². The summed E-state index contributed by atoms with van der Waals surface area (Å²) in [6.45, 7) is -0.241. The topological polar surface area (TPSA) is 122 Å². The van der Waals surface area contributed by atoms with Crippen molar-refractivity contribution in [2.45, 2.75) is 0 Å². The second-order valence-electron chi connectivity index (χ2n) is 4.82. The van der Waals surface area contributed by atoms with Crippen molar-refractivity contribution in [3.05, 3.63) is 68.0 Å². The number of benzene rings is 1. The number of amides is 2. The molecule has 0 atom stereocenters. The van der Waals surface area contributed by atoms with Crippen molar-refractivity contribution in [1.82, 2.24) is 10.6 Å². The van der Waals surface area contributed by atoms with Crippen molar-refractivity contribution in [3.63, 3.8) is 0 Å². The normalized spacial score (nSPS) is 11.0. The van der Waals surface area contributed by atoms with Crippen LogP contribution in [0.4, 0.5) is 5.69 Å². The van der Waals surface area contributed by atoms with E-state index in [4.69, 9.17) is 5.11 Å². The van der Waals surface area contributed by atoms with Crippen LogP contribution in [0.1, 0.15) is 15.2 Å². The molecule has 0 saturated carbocycles. The van der Waals surface area contributed by atoms with E-state index in [0.29, 0.717) is 10.4 Å². The highest BCUT2D eigenvalue weighted by Gasteiger charge is 2.15. The van der Waals surface area contributed by atoms with E-state index in [1.165, 1.54) is 35.6 Å². The van der Waals surface area contributed by atoms with Gasteiger partial charge in [0, 0.05) is 18.7 Å². The van der Waals surface area contributed by atoms with E-state index >= 15 is 0 Å². The number of nitrogens with one attached hydrogen (secondary N) is 2. The Kier molecular flexibility index (Phi) is 6.38. The lowest BCUT2D eigenvalue weighted by Gasteiger charge is -2.10. The molecule has 0 saturated heterocycles. The van der Waals surface area contributed by atoms with Gasteiger partial charge in [0.25, 0.3) is 17.5 Å². The zero-order valence-corrected chi connectivity index (χ0v) is 13.8. The van der Waals surface area contributed by atoms with Crippen LogP contribution in [0.2, 0.25) is 0 Å². The van der Waals surface area contributed by atoms with Gasteiger partial charge >= 0.3 is 0 Å². The minimum absolute atomic E-state index is 0.0139. The van der Waals surface area contributed by atoms with Gasteiger partial charge in [-0.25, -0.2) is 0 Å². The third-order valence-corrected chi connectivity index (χ3v) is 3.90. The summed E-state index contributed by atoms with van der Waals surface area (Å²) in [4.78, 5) is 35.1. The summed E-state index contributed by atoms with van der Waals surface area (Å²) in [5.41, 5.74) is 0.177. The van der Waals surface area contributed by atoms with Crippen LogP contribution >= 0.6 is 11.3 Å². The molecule has 0 bridgehead atoms. The standard InChI is InChI=1S/C16H15N3O5S/c20-7-6-17-15(21)13(18-16(22)14-5-2-8-25-14)10-11-3-1-4-12(9-11)19(23)24/h1-5,8-10,20H,6-7H2,(H,17,21)(H,18,22)/b13-10-. The number of thiophene rings is 1. The molecule has 0 aliphatic heterocycles. The van der Waals surface area contributed by atoms with E-state index in [9.17, 15) is 19.7 Å². The van der Waals surface area contributed by atoms with E-state index in [0.717, 1.165) is 0 Å². The van der Waals surface area contributed by atoms with Crippen LogP contribution in [0.25, 0.3) is 6.08 Å². The number of aliphatic hydroxyl groups is 1. The third-order valence-electron chi connectivity index (χ3n) is 3.03. The molecule has 0 spiro atoms. The summed E-state index contributed by atoms with van der Waals surface area (Å²) in [6, 6.07) is 8.98. The molecule has 1 aromatic heterocycles. The fraction of sp³-hybridized carbons (Fsp3) is 0.125. The Morgan fingerprint density at radius 1 is 1.28 bits per heavy atom. The first kappa shape index (κ1) is 18.3. The molecule has 1 aromatic carbocycles. The maximum Gasteiger partial charge on any atom is 0.270 e. The van der Waals surface area contributed by atoms with E-state index in [1.54, 1.807) is 23.6 Å². The molecule has 8 nitrogen and oxygen atoms in total. The lowest BCUT2D eigenvalue weighted by atomic mass is 10.1. The zero-order chi connectivity index (χ0) is 18.2. The zero-order valence-electron chi connectivity index (χ0n) is 13.0. The van der Waals surface area contributed by atoms with Crippen LogP contribution in [0.15, 0.2) is 47.5 Å². The van der Waals surface area contributed by atoms with Crippen LogP contribution in [0.5, 0.6) is 0 Å². The van der Waals surface area contributed by atoms with Crippen molar-refractivity contribution < 1.29 is 19.6 Å². The lowest BCUT2D eigenvalue weighted by molar-refractivity contribution is -0.384. The summed E-state index contributed by atoms with van der Waals surface area (Å²) >= 11 is 1.21. The largest absolute Gasteiger partial charge is 0.395 e. The van der Waals surface area contributed by atoms with Gasteiger partial charge in [0.2, 0.25) is 0 Å². The van der Waals surface area contributed by atoms with Crippen molar-refractivity contribution in [3.8, 4) is 0 Å². The molecule has 0 aliphatic carbocycles. The number of hydrogen-bond acceptors (Lipinski definition) is 6. The number of carbonyl (C=O) groups excluding carboxylic acids is 2. The Balaban J connectivity index is 2.29. The molecule has 2 aromatic rings. The first-order valence-corrected chi connectivity index (χ1v) is 8.09. The molecule has 0 aliphatic rings. The van der Waals surface area contributed by atoms with Gasteiger partial charge in [0.15, 0.2) is 0 Å². The minimum Gasteiger partial charge on any atom is -0.395 e. The number of carbonyl (C=O) groups is 2. The summed E-state index contributed by atoms with van der Waals surface area (Å²) in [6.07, 6.45) is 1.34. The Morgan fingerprint density at radius 3 is 2.72 bits per heavy atom. The van der Waals surface area contributed by atoms with E-state index in [1.807, 2.05) is 0 Å². The van der Waals surface area contributed by atoms with E-state index < -0.39 is 16.7 Å². The number of hydrogen-bond donors (Lipinski definition) is 3. The first-order valence-electron chi connectivity index (χ1n) is 7.21. The maximum absolute atomic E-state index is 12.2. The number of nitrogens with zero attached hydrogens (tertiary/aromatic N) is 1. The monoisotopic (exact) mass is 361 g/mol. The van der Waals surface area contributed by atoms with Gasteiger partial charge < -0.3 is 15.7 Å². The summed E-state index contributed by atoms with van der Waals surface area (Å²) in [7, 11) is 0. The third kappa shape index (κ3) is 5.23. The van der Waals surface area contributed by atoms with Crippen molar-refractivity contribution in [2.75, 3.05) is 13.2 Å². The number of aliphatic hydroxyl groups excluding tert-OH is 1. The molecular formula is C16H15N3O5S. The highest BCUT2D eigenvalue weighted by Crippen LogP contribution is 2.16. The van der Waals surface area contributed by atoms with Gasteiger partial charge in [0.1, 0.15) is 5.70 Å². The Hall–Kier alpha value is -3.04. The van der Waals surface area contributed by atoms with Crippen molar-refractivity contribution in [2.24, 2.45) is 0 Å². The first-order chi connectivity index (χ1) is 12.0. The lowest BCUT2D eigenvalue weighted by Crippen LogP contribution is -2.35. The molecule has 0 radical (unpaired) electrons. The second-order valence-corrected chi connectivity index (χ2v) is 5.77. The molecule has 130 valence electrons. The smallest absolute Gasteiger partial charge is 0.270 e. The fourth-order valence-electron chi connectivity index (χ4n) is 1.91. The number of non-ortho nitro benzene ring substituents is 1.